The predicted octanol–water partition coefficient (Wildman–Crippen LogP) is -0.0756. The molecule has 4 nitrogen and oxygen atoms in total. The first kappa shape index (κ1) is 7.53. The van der Waals surface area contributed by atoms with Gasteiger partial charge in [-0.1, -0.05) is 0 Å². The highest BCUT2D eigenvalue weighted by Crippen LogP contribution is 2.06. The minimum atomic E-state index is -0.320. The van der Waals surface area contributed by atoms with E-state index in [1.165, 1.54) is 13.1 Å². The SMILES string of the molecule is CN=C1C=C(N)C(O)=CC1=O. The van der Waals surface area contributed by atoms with E-state index < -0.39 is 0 Å². The molecule has 1 aliphatic carbocycles. The van der Waals surface area contributed by atoms with Gasteiger partial charge in [0.1, 0.15) is 11.5 Å². The fourth-order valence-corrected chi connectivity index (χ4v) is 0.749. The van der Waals surface area contributed by atoms with Crippen molar-refractivity contribution in [1.29, 1.82) is 0 Å². The average Bonchev–Trinajstić information content (AvgIpc) is 1.97. The van der Waals surface area contributed by atoms with Gasteiger partial charge < -0.3 is 10.8 Å². The van der Waals surface area contributed by atoms with E-state index in [4.69, 9.17) is 10.8 Å². The maximum Gasteiger partial charge on any atom is 0.207 e. The van der Waals surface area contributed by atoms with Crippen molar-refractivity contribution in [3.8, 4) is 0 Å². The Morgan fingerprint density at radius 1 is 1.55 bits per heavy atom. The summed E-state index contributed by atoms with van der Waals surface area (Å²) in [5.74, 6) is -0.512. The number of carbonyl (C=O) groups is 1. The van der Waals surface area contributed by atoms with E-state index in [2.05, 4.69) is 4.99 Å². The maximum atomic E-state index is 10.9. The average molecular weight is 152 g/mol. The molecule has 0 spiro atoms. The van der Waals surface area contributed by atoms with E-state index in [1.54, 1.807) is 0 Å². The molecule has 0 aromatic heterocycles. The normalized spacial score (nSPS) is 21.5. The molecule has 1 rings (SSSR count). The molecule has 0 aromatic carbocycles. The van der Waals surface area contributed by atoms with Gasteiger partial charge in [0.05, 0.1) is 5.70 Å². The number of hydrogen-bond donors (Lipinski definition) is 2. The molecule has 0 amide bonds. The standard InChI is InChI=1S/C7H8N2O2/c1-9-5-2-4(8)6(10)3-7(5)11/h2-3,10H,8H2,1H3. The lowest BCUT2D eigenvalue weighted by molar-refractivity contribution is -0.109. The minimum absolute atomic E-state index is 0.171. The van der Waals surface area contributed by atoms with Crippen molar-refractivity contribution in [2.24, 2.45) is 10.7 Å². The Morgan fingerprint density at radius 3 is 2.73 bits per heavy atom. The van der Waals surface area contributed by atoms with Crippen LogP contribution in [0.25, 0.3) is 0 Å². The Morgan fingerprint density at radius 2 is 2.18 bits per heavy atom. The Hall–Kier alpha value is -1.58. The molecule has 0 unspecified atom stereocenters. The first-order valence-corrected chi connectivity index (χ1v) is 3.04. The molecule has 0 fully saturated rings. The van der Waals surface area contributed by atoms with Crippen LogP contribution in [0.5, 0.6) is 0 Å². The van der Waals surface area contributed by atoms with Gasteiger partial charge in [0.15, 0.2) is 0 Å². The topological polar surface area (TPSA) is 75.7 Å². The van der Waals surface area contributed by atoms with Gasteiger partial charge >= 0.3 is 0 Å². The fourth-order valence-electron chi connectivity index (χ4n) is 0.749. The van der Waals surface area contributed by atoms with Crippen molar-refractivity contribution in [3.63, 3.8) is 0 Å². The number of aliphatic imine (C=N–C) groups is 1. The molecule has 1 aliphatic rings. The van der Waals surface area contributed by atoms with Crippen molar-refractivity contribution in [3.05, 3.63) is 23.6 Å². The molecule has 0 atom stereocenters. The zero-order valence-corrected chi connectivity index (χ0v) is 6.03. The first-order valence-electron chi connectivity index (χ1n) is 3.04. The van der Waals surface area contributed by atoms with Crippen LogP contribution in [0.2, 0.25) is 0 Å². The summed E-state index contributed by atoms with van der Waals surface area (Å²) < 4.78 is 0. The van der Waals surface area contributed by atoms with Crippen LogP contribution in [0, 0.1) is 0 Å². The molecule has 0 aliphatic heterocycles. The molecule has 0 aromatic rings. The summed E-state index contributed by atoms with van der Waals surface area (Å²) in [5.41, 5.74) is 5.75. The number of allylic oxidation sites excluding steroid dienone is 2. The second-order valence-electron chi connectivity index (χ2n) is 2.10. The van der Waals surface area contributed by atoms with E-state index in [0.717, 1.165) is 6.08 Å². The molecule has 11 heavy (non-hydrogen) atoms. The van der Waals surface area contributed by atoms with Crippen LogP contribution in [0.4, 0.5) is 0 Å². The third-order valence-corrected chi connectivity index (χ3v) is 1.35. The van der Waals surface area contributed by atoms with Crippen LogP contribution in [0.3, 0.4) is 0 Å². The Bertz CT molecular complexity index is 287. The van der Waals surface area contributed by atoms with Gasteiger partial charge in [-0.25, -0.2) is 0 Å². The monoisotopic (exact) mass is 152 g/mol. The second-order valence-corrected chi connectivity index (χ2v) is 2.10. The van der Waals surface area contributed by atoms with Crippen LogP contribution < -0.4 is 5.73 Å². The molecule has 0 bridgehead atoms. The predicted molar refractivity (Wildman–Crippen MR) is 41.3 cm³/mol. The van der Waals surface area contributed by atoms with Gasteiger partial charge in [-0.15, -0.1) is 0 Å². The van der Waals surface area contributed by atoms with E-state index in [-0.39, 0.29) is 23.0 Å². The summed E-state index contributed by atoms with van der Waals surface area (Å²) in [4.78, 5) is 14.6. The third-order valence-electron chi connectivity index (χ3n) is 1.35. The molecule has 0 heterocycles. The molecule has 0 saturated carbocycles. The van der Waals surface area contributed by atoms with E-state index >= 15 is 0 Å². The Kier molecular flexibility index (Phi) is 1.76. The lowest BCUT2D eigenvalue weighted by Gasteiger charge is -2.05. The summed E-state index contributed by atoms with van der Waals surface area (Å²) in [5, 5.41) is 8.95. The highest BCUT2D eigenvalue weighted by atomic mass is 16.3. The number of carbonyl (C=O) groups excluding carboxylic acids is 1. The van der Waals surface area contributed by atoms with Crippen molar-refractivity contribution in [2.45, 2.75) is 0 Å². The Balaban J connectivity index is 3.08. The number of nitrogens with two attached hydrogens (primary N) is 1. The molecular formula is C7H8N2O2. The lowest BCUT2D eigenvalue weighted by Crippen LogP contribution is -2.18. The number of nitrogens with zero attached hydrogens (tertiary/aromatic N) is 1. The number of aliphatic hydroxyl groups is 1. The quantitative estimate of drug-likeness (QED) is 0.477. The zero-order valence-electron chi connectivity index (χ0n) is 6.03. The number of ketones is 1. The van der Waals surface area contributed by atoms with Gasteiger partial charge in [-0.05, 0) is 6.08 Å². The maximum absolute atomic E-state index is 10.9. The first-order chi connectivity index (χ1) is 5.15. The smallest absolute Gasteiger partial charge is 0.207 e. The van der Waals surface area contributed by atoms with Gasteiger partial charge in [0.2, 0.25) is 5.78 Å². The third kappa shape index (κ3) is 1.29. The molecule has 58 valence electrons. The molecule has 0 saturated heterocycles. The molecular weight excluding hydrogens is 144 g/mol. The lowest BCUT2D eigenvalue weighted by atomic mass is 10.1. The minimum Gasteiger partial charge on any atom is -0.506 e. The van der Waals surface area contributed by atoms with E-state index in [0.29, 0.717) is 0 Å². The highest BCUT2D eigenvalue weighted by Gasteiger charge is 2.14. The number of aliphatic hydroxyl groups excluding tert-OH is 1. The van der Waals surface area contributed by atoms with Crippen LogP contribution >= 0.6 is 0 Å². The van der Waals surface area contributed by atoms with Crippen molar-refractivity contribution in [2.75, 3.05) is 7.05 Å². The number of rotatable bonds is 0. The van der Waals surface area contributed by atoms with Crippen molar-refractivity contribution >= 4 is 11.5 Å². The fraction of sp³-hybridized carbons (Fsp3) is 0.143. The van der Waals surface area contributed by atoms with Gasteiger partial charge in [0, 0.05) is 13.1 Å². The van der Waals surface area contributed by atoms with E-state index in [1.807, 2.05) is 0 Å². The van der Waals surface area contributed by atoms with Gasteiger partial charge in [-0.3, -0.25) is 9.79 Å². The van der Waals surface area contributed by atoms with Crippen LogP contribution in [-0.4, -0.2) is 23.6 Å². The van der Waals surface area contributed by atoms with E-state index in [9.17, 15) is 4.79 Å². The summed E-state index contributed by atoms with van der Waals surface area (Å²) in [6.45, 7) is 0. The van der Waals surface area contributed by atoms with Crippen LogP contribution in [0.15, 0.2) is 28.6 Å². The van der Waals surface area contributed by atoms with Crippen LogP contribution in [-0.2, 0) is 4.79 Å². The second kappa shape index (κ2) is 2.57. The zero-order chi connectivity index (χ0) is 8.43. The van der Waals surface area contributed by atoms with Gasteiger partial charge in [0.25, 0.3) is 0 Å². The number of hydrogen-bond acceptors (Lipinski definition) is 4. The van der Waals surface area contributed by atoms with Crippen molar-refractivity contribution in [1.82, 2.24) is 0 Å². The summed E-state index contributed by atoms with van der Waals surface area (Å²) in [7, 11) is 1.49. The molecule has 0 radical (unpaired) electrons. The molecule has 4 heteroatoms. The summed E-state index contributed by atoms with van der Waals surface area (Å²) >= 11 is 0. The van der Waals surface area contributed by atoms with Crippen LogP contribution in [0.1, 0.15) is 0 Å². The molecule has 3 N–H and O–H groups in total. The summed E-state index contributed by atoms with van der Waals surface area (Å²) in [6, 6.07) is 0. The Labute approximate surface area is 63.7 Å². The largest absolute Gasteiger partial charge is 0.506 e. The summed E-state index contributed by atoms with van der Waals surface area (Å²) in [6.07, 6.45) is 2.40. The van der Waals surface area contributed by atoms with Crippen molar-refractivity contribution < 1.29 is 9.90 Å². The van der Waals surface area contributed by atoms with Gasteiger partial charge in [-0.2, -0.15) is 0 Å². The highest BCUT2D eigenvalue weighted by molar-refractivity contribution is 6.49.